The van der Waals surface area contributed by atoms with Crippen molar-refractivity contribution in [2.45, 2.75) is 25.9 Å². The van der Waals surface area contributed by atoms with Crippen LogP contribution in [-0.4, -0.2) is 43.9 Å². The van der Waals surface area contributed by atoms with Gasteiger partial charge in [-0.25, -0.2) is 4.98 Å². The Morgan fingerprint density at radius 1 is 1.11 bits per heavy atom. The van der Waals surface area contributed by atoms with Crippen molar-refractivity contribution < 1.29 is 14.7 Å². The van der Waals surface area contributed by atoms with Gasteiger partial charge in [0, 0.05) is 28.2 Å². The van der Waals surface area contributed by atoms with Gasteiger partial charge in [0.05, 0.1) is 35.3 Å². The summed E-state index contributed by atoms with van der Waals surface area (Å²) in [7, 11) is 0. The van der Waals surface area contributed by atoms with Gasteiger partial charge in [0.2, 0.25) is 0 Å². The number of carbonyl (C=O) groups is 2. The molecule has 0 bridgehead atoms. The highest BCUT2D eigenvalue weighted by atomic mass is 32.1. The van der Waals surface area contributed by atoms with Gasteiger partial charge in [-0.3, -0.25) is 19.0 Å². The number of hydrogen-bond acceptors (Lipinski definition) is 7. The van der Waals surface area contributed by atoms with Crippen LogP contribution in [0.5, 0.6) is 0 Å². The van der Waals surface area contributed by atoms with E-state index in [1.807, 2.05) is 54.1 Å². The molecule has 5 aromatic heterocycles. The number of carbonyl (C=O) groups excluding carboxylic acids is 2. The van der Waals surface area contributed by atoms with Crippen LogP contribution in [0, 0.1) is 0 Å². The average molecular weight is 532 g/mol. The van der Waals surface area contributed by atoms with Crippen molar-refractivity contribution in [1.82, 2.24) is 25.0 Å². The van der Waals surface area contributed by atoms with E-state index in [-0.39, 0.29) is 24.5 Å². The Kier molecular flexibility index (Phi) is 7.40. The van der Waals surface area contributed by atoms with Gasteiger partial charge >= 0.3 is 0 Å². The van der Waals surface area contributed by atoms with Crippen LogP contribution >= 0.6 is 22.7 Å². The molecular weight excluding hydrogens is 506 g/mol. The molecular formula is C27H25N5O3S2. The van der Waals surface area contributed by atoms with E-state index in [1.54, 1.807) is 40.3 Å². The minimum Gasteiger partial charge on any atom is -0.394 e. The summed E-state index contributed by atoms with van der Waals surface area (Å²) in [5, 5.41) is 19.3. The van der Waals surface area contributed by atoms with Gasteiger partial charge in [-0.05, 0) is 54.3 Å². The number of nitrogens with zero attached hydrogens (tertiary/aromatic N) is 3. The molecule has 0 saturated heterocycles. The topological polar surface area (TPSA) is 109 Å². The van der Waals surface area contributed by atoms with Gasteiger partial charge < -0.3 is 15.7 Å². The second kappa shape index (κ2) is 11.0. The molecule has 1 atom stereocenters. The number of rotatable bonds is 9. The Bertz CT molecular complexity index is 1520. The number of pyridine rings is 2. The lowest BCUT2D eigenvalue weighted by molar-refractivity contribution is 0.0907. The van der Waals surface area contributed by atoms with Crippen LogP contribution in [0.1, 0.15) is 39.1 Å². The molecule has 37 heavy (non-hydrogen) atoms. The Morgan fingerprint density at radius 3 is 2.73 bits per heavy atom. The summed E-state index contributed by atoms with van der Waals surface area (Å²) in [5.41, 5.74) is 3.27. The van der Waals surface area contributed by atoms with Crippen molar-refractivity contribution in [1.29, 1.82) is 0 Å². The first-order chi connectivity index (χ1) is 18.1. The predicted molar refractivity (Wildman–Crippen MR) is 146 cm³/mol. The van der Waals surface area contributed by atoms with Gasteiger partial charge in [0.25, 0.3) is 11.8 Å². The molecule has 0 aliphatic heterocycles. The van der Waals surface area contributed by atoms with E-state index in [0.717, 1.165) is 21.0 Å². The van der Waals surface area contributed by atoms with Crippen LogP contribution in [0.4, 0.5) is 0 Å². The van der Waals surface area contributed by atoms with E-state index in [9.17, 15) is 14.7 Å². The van der Waals surface area contributed by atoms with Crippen LogP contribution in [0.2, 0.25) is 0 Å². The molecule has 5 rings (SSSR count). The van der Waals surface area contributed by atoms with E-state index < -0.39 is 0 Å². The molecule has 5 heterocycles. The van der Waals surface area contributed by atoms with Crippen LogP contribution in [0.15, 0.2) is 71.7 Å². The largest absolute Gasteiger partial charge is 0.394 e. The quantitative estimate of drug-likeness (QED) is 0.257. The molecule has 0 spiro atoms. The van der Waals surface area contributed by atoms with Gasteiger partial charge in [0.15, 0.2) is 5.65 Å². The van der Waals surface area contributed by atoms with Crippen molar-refractivity contribution in [3.63, 3.8) is 0 Å². The van der Waals surface area contributed by atoms with Gasteiger partial charge in [-0.1, -0.05) is 13.0 Å². The van der Waals surface area contributed by atoms with E-state index >= 15 is 0 Å². The number of thiophene rings is 2. The summed E-state index contributed by atoms with van der Waals surface area (Å²) in [6.45, 7) is 2.09. The smallest absolute Gasteiger partial charge is 0.270 e. The molecule has 188 valence electrons. The summed E-state index contributed by atoms with van der Waals surface area (Å²) in [5.74, 6) is -0.637. The minimum atomic E-state index is -0.373. The third-order valence-electron chi connectivity index (χ3n) is 5.95. The molecule has 0 unspecified atom stereocenters. The summed E-state index contributed by atoms with van der Waals surface area (Å²) in [4.78, 5) is 37.7. The maximum atomic E-state index is 13.3. The molecule has 0 saturated carbocycles. The maximum Gasteiger partial charge on any atom is 0.270 e. The second-order valence-corrected chi connectivity index (χ2v) is 10.3. The molecule has 0 fully saturated rings. The second-order valence-electron chi connectivity index (χ2n) is 8.36. The molecule has 2 amide bonds. The highest BCUT2D eigenvalue weighted by molar-refractivity contribution is 7.15. The lowest BCUT2D eigenvalue weighted by Gasteiger charge is -2.14. The third kappa shape index (κ3) is 5.17. The van der Waals surface area contributed by atoms with Crippen molar-refractivity contribution in [2.24, 2.45) is 0 Å². The molecule has 3 N–H and O–H groups in total. The van der Waals surface area contributed by atoms with Crippen molar-refractivity contribution >= 4 is 40.1 Å². The monoisotopic (exact) mass is 531 g/mol. The van der Waals surface area contributed by atoms with E-state index in [2.05, 4.69) is 15.6 Å². The average Bonchev–Trinajstić information content (AvgIpc) is 3.70. The van der Waals surface area contributed by atoms with E-state index in [4.69, 9.17) is 4.98 Å². The van der Waals surface area contributed by atoms with Gasteiger partial charge in [-0.15, -0.1) is 11.3 Å². The number of amides is 2. The first-order valence-electron chi connectivity index (χ1n) is 11.8. The molecule has 5 aromatic rings. The lowest BCUT2D eigenvalue weighted by atomic mass is 10.1. The third-order valence-corrected chi connectivity index (χ3v) is 7.75. The van der Waals surface area contributed by atoms with Crippen molar-refractivity contribution in [2.75, 3.05) is 6.61 Å². The van der Waals surface area contributed by atoms with Crippen molar-refractivity contribution in [3.05, 3.63) is 87.8 Å². The van der Waals surface area contributed by atoms with Crippen LogP contribution in [0.25, 0.3) is 27.5 Å². The zero-order chi connectivity index (χ0) is 25.8. The van der Waals surface area contributed by atoms with Gasteiger partial charge in [-0.2, -0.15) is 11.3 Å². The number of nitrogens with one attached hydrogen (secondary N) is 2. The molecule has 0 aliphatic carbocycles. The van der Waals surface area contributed by atoms with Crippen LogP contribution in [-0.2, 0) is 6.54 Å². The number of hydrogen-bond donors (Lipinski definition) is 3. The minimum absolute atomic E-state index is 0.162. The van der Waals surface area contributed by atoms with Crippen LogP contribution in [0.3, 0.4) is 0 Å². The molecule has 8 nitrogen and oxygen atoms in total. The van der Waals surface area contributed by atoms with E-state index in [0.29, 0.717) is 35.6 Å². The highest BCUT2D eigenvalue weighted by Gasteiger charge is 2.25. The normalized spacial score (nSPS) is 11.9. The number of aliphatic hydroxyl groups is 1. The molecule has 0 aromatic carbocycles. The highest BCUT2D eigenvalue weighted by Crippen LogP contribution is 2.29. The van der Waals surface area contributed by atoms with E-state index in [1.165, 1.54) is 11.3 Å². The predicted octanol–water partition coefficient (Wildman–Crippen LogP) is 4.62. The first kappa shape index (κ1) is 24.8. The number of aliphatic hydroxyl groups excluding tert-OH is 1. The maximum absolute atomic E-state index is 13.3. The number of imidazole rings is 1. The summed E-state index contributed by atoms with van der Waals surface area (Å²) in [6.07, 6.45) is 4.07. The lowest BCUT2D eigenvalue weighted by Crippen LogP contribution is -2.37. The number of fused-ring (bicyclic) bond motifs is 1. The number of aromatic nitrogens is 3. The molecule has 0 radical (unpaired) electrons. The molecule has 10 heteroatoms. The fraction of sp³-hybridized carbons (Fsp3) is 0.185. The zero-order valence-corrected chi connectivity index (χ0v) is 21.7. The summed E-state index contributed by atoms with van der Waals surface area (Å²) in [6, 6.07) is 14.7. The summed E-state index contributed by atoms with van der Waals surface area (Å²) < 4.78 is 1.64. The van der Waals surface area contributed by atoms with Crippen LogP contribution < -0.4 is 10.6 Å². The Hall–Kier alpha value is -3.86. The van der Waals surface area contributed by atoms with Crippen molar-refractivity contribution in [3.8, 4) is 21.8 Å². The molecule has 0 aliphatic rings. The standard InChI is InChI=1S/C27H25N5O3S2/c1-2-18(15-33)30-27(35)24-23(17-10-13-36-16-17)31-25-20(6-5-12-32(24)25)26(34)29-14-19-8-9-22(37-19)21-7-3-4-11-28-21/h3-13,16,18,33H,2,14-15H2,1H3,(H,29,34)(H,30,35)/t18-/m0/s1. The SMILES string of the molecule is CC[C@@H](CO)NC(=O)c1c(-c2ccsc2)nc2c(C(=O)NCc3ccc(-c4ccccn4)s3)cccn12. The first-order valence-corrected chi connectivity index (χ1v) is 13.6. The summed E-state index contributed by atoms with van der Waals surface area (Å²) >= 11 is 3.08. The Morgan fingerprint density at radius 2 is 2.00 bits per heavy atom. The fourth-order valence-electron chi connectivity index (χ4n) is 3.97. The Balaban J connectivity index is 1.44. The van der Waals surface area contributed by atoms with Gasteiger partial charge in [0.1, 0.15) is 11.4 Å². The fourth-order valence-corrected chi connectivity index (χ4v) is 5.54. The Labute approximate surface area is 221 Å². The zero-order valence-electron chi connectivity index (χ0n) is 20.0.